The predicted molar refractivity (Wildman–Crippen MR) is 132 cm³/mol. The molecule has 9 nitrogen and oxygen atoms in total. The number of benzene rings is 2. The van der Waals surface area contributed by atoms with Crippen molar-refractivity contribution in [2.24, 2.45) is 5.92 Å². The summed E-state index contributed by atoms with van der Waals surface area (Å²) in [4.78, 5) is 21.6. The van der Waals surface area contributed by atoms with Crippen molar-refractivity contribution in [1.29, 1.82) is 0 Å². The van der Waals surface area contributed by atoms with Crippen LogP contribution in [0.15, 0.2) is 53.4 Å². The number of methoxy groups -OCH3 is 1. The molecule has 0 saturated heterocycles. The van der Waals surface area contributed by atoms with Gasteiger partial charge in [-0.3, -0.25) is 4.79 Å². The highest BCUT2D eigenvalue weighted by atomic mass is 32.2. The van der Waals surface area contributed by atoms with Crippen LogP contribution in [-0.2, 0) is 10.0 Å². The van der Waals surface area contributed by atoms with E-state index in [1.54, 1.807) is 25.3 Å². The van der Waals surface area contributed by atoms with E-state index in [0.717, 1.165) is 5.56 Å². The number of carbonyl (C=O) groups excluding carboxylic acids is 1. The number of carbonyl (C=O) groups is 1. The molecule has 0 aliphatic carbocycles. The van der Waals surface area contributed by atoms with Crippen molar-refractivity contribution < 1.29 is 22.7 Å². The molecular weight excluding hydrogens is 468 g/mol. The number of fused-ring (bicyclic) bond motifs is 4. The van der Waals surface area contributed by atoms with Gasteiger partial charge in [0.2, 0.25) is 11.8 Å². The first-order chi connectivity index (χ1) is 16.7. The zero-order chi connectivity index (χ0) is 25.2. The Morgan fingerprint density at radius 3 is 2.66 bits per heavy atom. The van der Waals surface area contributed by atoms with Crippen LogP contribution < -0.4 is 19.5 Å². The van der Waals surface area contributed by atoms with Crippen molar-refractivity contribution in [3.05, 3.63) is 59.7 Å². The third-order valence-corrected chi connectivity index (χ3v) is 6.89. The van der Waals surface area contributed by atoms with E-state index < -0.39 is 10.0 Å². The van der Waals surface area contributed by atoms with Gasteiger partial charge in [0.15, 0.2) is 0 Å². The Kier molecular flexibility index (Phi) is 6.93. The molecule has 0 spiro atoms. The third kappa shape index (κ3) is 5.54. The number of nitrogens with zero attached hydrogens (tertiary/aromatic N) is 2. The van der Waals surface area contributed by atoms with Crippen LogP contribution in [0, 0.1) is 12.8 Å². The zero-order valence-corrected chi connectivity index (χ0v) is 20.8. The predicted octanol–water partition coefficient (Wildman–Crippen LogP) is 3.80. The Morgan fingerprint density at radius 2 is 1.91 bits per heavy atom. The van der Waals surface area contributed by atoms with Gasteiger partial charge in [-0.15, -0.1) is 0 Å². The third-order valence-electron chi connectivity index (χ3n) is 5.57. The lowest BCUT2D eigenvalue weighted by Crippen LogP contribution is -2.40. The van der Waals surface area contributed by atoms with Gasteiger partial charge in [0, 0.05) is 17.2 Å². The lowest BCUT2D eigenvalue weighted by molar-refractivity contribution is 0.0913. The Bertz CT molecular complexity index is 1360. The second kappa shape index (κ2) is 9.91. The van der Waals surface area contributed by atoms with Gasteiger partial charge >= 0.3 is 0 Å². The maximum absolute atomic E-state index is 13.1. The summed E-state index contributed by atoms with van der Waals surface area (Å²) in [5.74, 6) is 0.525. The van der Waals surface area contributed by atoms with Gasteiger partial charge in [-0.25, -0.2) is 18.1 Å². The van der Waals surface area contributed by atoms with Crippen LogP contribution in [0.5, 0.6) is 11.6 Å². The fraction of sp³-hybridized carbons (Fsp3) is 0.320. The number of amides is 1. The SMILES string of the molecule is COc1cccc(C)c1-c1cc2nc(n1)NS(=O)(=O)c1cccc(c1)C(=O)N[C@H](CC(C)C)CO2. The van der Waals surface area contributed by atoms with Gasteiger partial charge in [0.1, 0.15) is 12.4 Å². The summed E-state index contributed by atoms with van der Waals surface area (Å²) in [5.41, 5.74) is 2.26. The molecule has 1 aromatic heterocycles. The van der Waals surface area contributed by atoms with Crippen molar-refractivity contribution in [1.82, 2.24) is 15.3 Å². The first-order valence-electron chi connectivity index (χ1n) is 11.3. The van der Waals surface area contributed by atoms with E-state index in [4.69, 9.17) is 9.47 Å². The average Bonchev–Trinajstić information content (AvgIpc) is 2.81. The number of aromatic nitrogens is 2. The van der Waals surface area contributed by atoms with E-state index in [1.807, 2.05) is 19.1 Å². The summed E-state index contributed by atoms with van der Waals surface area (Å²) in [5, 5.41) is 2.96. The number of hydrogen-bond donors (Lipinski definition) is 2. The molecule has 35 heavy (non-hydrogen) atoms. The smallest absolute Gasteiger partial charge is 0.264 e. The van der Waals surface area contributed by atoms with Gasteiger partial charge in [0.25, 0.3) is 15.9 Å². The van der Waals surface area contributed by atoms with Crippen LogP contribution in [0.25, 0.3) is 11.3 Å². The minimum absolute atomic E-state index is 0.0743. The lowest BCUT2D eigenvalue weighted by Gasteiger charge is -2.21. The molecule has 2 heterocycles. The first-order valence-corrected chi connectivity index (χ1v) is 12.7. The van der Waals surface area contributed by atoms with Crippen molar-refractivity contribution in [3.63, 3.8) is 0 Å². The minimum Gasteiger partial charge on any atom is -0.496 e. The van der Waals surface area contributed by atoms with Crippen LogP contribution in [0.2, 0.25) is 0 Å². The standard InChI is InChI=1S/C25H28N4O5S/c1-15(2)11-18-14-34-22-13-20(23-16(3)7-5-10-21(23)33-4)27-25(28-22)29-35(31,32)19-9-6-8-17(12-19)24(30)26-18/h5-10,12-13,15,18H,11,14H2,1-4H3,(H,26,30)(H,27,28,29)/t18-/m1/s1. The van der Waals surface area contributed by atoms with Gasteiger partial charge in [0.05, 0.1) is 23.7 Å². The van der Waals surface area contributed by atoms with E-state index in [9.17, 15) is 13.2 Å². The van der Waals surface area contributed by atoms with Gasteiger partial charge < -0.3 is 14.8 Å². The molecule has 4 bridgehead atoms. The molecule has 0 unspecified atom stereocenters. The number of rotatable bonds is 4. The van der Waals surface area contributed by atoms with Crippen molar-refractivity contribution in [3.8, 4) is 22.9 Å². The normalized spacial score (nSPS) is 17.2. The molecular formula is C25H28N4O5S. The molecule has 0 fully saturated rings. The van der Waals surface area contributed by atoms with Crippen molar-refractivity contribution in [2.45, 2.75) is 38.1 Å². The molecule has 0 saturated carbocycles. The number of sulfonamides is 1. The Balaban J connectivity index is 1.86. The molecule has 1 amide bonds. The molecule has 10 heteroatoms. The van der Waals surface area contributed by atoms with E-state index in [-0.39, 0.29) is 40.8 Å². The van der Waals surface area contributed by atoms with Crippen LogP contribution in [-0.4, -0.2) is 44.1 Å². The Hall–Kier alpha value is -3.66. The number of ether oxygens (including phenoxy) is 2. The maximum Gasteiger partial charge on any atom is 0.264 e. The van der Waals surface area contributed by atoms with Crippen LogP contribution in [0.1, 0.15) is 36.2 Å². The number of nitrogens with one attached hydrogen (secondary N) is 2. The highest BCUT2D eigenvalue weighted by Gasteiger charge is 2.23. The monoisotopic (exact) mass is 496 g/mol. The fourth-order valence-corrected chi connectivity index (χ4v) is 4.98. The average molecular weight is 497 g/mol. The van der Waals surface area contributed by atoms with Crippen LogP contribution in [0.3, 0.4) is 0 Å². The lowest BCUT2D eigenvalue weighted by atomic mass is 10.0. The van der Waals surface area contributed by atoms with Gasteiger partial charge in [-0.1, -0.05) is 32.0 Å². The highest BCUT2D eigenvalue weighted by Crippen LogP contribution is 2.34. The van der Waals surface area contributed by atoms with Crippen LogP contribution in [0.4, 0.5) is 5.95 Å². The molecule has 4 rings (SSSR count). The summed E-state index contributed by atoms with van der Waals surface area (Å²) in [6, 6.07) is 12.7. The van der Waals surface area contributed by atoms with Crippen molar-refractivity contribution in [2.75, 3.05) is 18.4 Å². The second-order valence-corrected chi connectivity index (χ2v) is 10.5. The topological polar surface area (TPSA) is 120 Å². The summed E-state index contributed by atoms with van der Waals surface area (Å²) in [6.07, 6.45) is 0.665. The second-order valence-electron chi connectivity index (χ2n) is 8.81. The highest BCUT2D eigenvalue weighted by molar-refractivity contribution is 7.92. The number of hydrogen-bond acceptors (Lipinski definition) is 7. The molecule has 2 N–H and O–H groups in total. The molecule has 184 valence electrons. The van der Waals surface area contributed by atoms with E-state index >= 15 is 0 Å². The summed E-state index contributed by atoms with van der Waals surface area (Å²) in [7, 11) is -2.52. The van der Waals surface area contributed by atoms with Gasteiger partial charge in [-0.2, -0.15) is 4.98 Å². The minimum atomic E-state index is -4.08. The summed E-state index contributed by atoms with van der Waals surface area (Å²) in [6.45, 7) is 6.16. The van der Waals surface area contributed by atoms with E-state index in [0.29, 0.717) is 29.3 Å². The Labute approximate surface area is 205 Å². The number of aryl methyl sites for hydroxylation is 1. The Morgan fingerprint density at radius 1 is 1.14 bits per heavy atom. The zero-order valence-electron chi connectivity index (χ0n) is 20.0. The molecule has 0 radical (unpaired) electrons. The molecule has 1 atom stereocenters. The molecule has 2 aromatic carbocycles. The first kappa shape index (κ1) is 24.5. The summed E-state index contributed by atoms with van der Waals surface area (Å²) >= 11 is 0. The van der Waals surface area contributed by atoms with Crippen LogP contribution >= 0.6 is 0 Å². The molecule has 1 aliphatic rings. The van der Waals surface area contributed by atoms with Crippen molar-refractivity contribution >= 4 is 21.9 Å². The quantitative estimate of drug-likeness (QED) is 0.564. The maximum atomic E-state index is 13.1. The molecule has 3 aromatic rings. The van der Waals surface area contributed by atoms with E-state index in [2.05, 4.69) is 33.9 Å². The number of anilines is 1. The largest absolute Gasteiger partial charge is 0.496 e. The fourth-order valence-electron chi connectivity index (χ4n) is 3.99. The summed E-state index contributed by atoms with van der Waals surface area (Å²) < 4.78 is 40.2. The van der Waals surface area contributed by atoms with E-state index in [1.165, 1.54) is 18.2 Å². The van der Waals surface area contributed by atoms with Gasteiger partial charge in [-0.05, 0) is 49.1 Å². The molecule has 1 aliphatic heterocycles.